The van der Waals surface area contributed by atoms with Crippen molar-refractivity contribution in [2.75, 3.05) is 13.1 Å². The van der Waals surface area contributed by atoms with Crippen LogP contribution in [0.4, 0.5) is 0 Å². The molecule has 1 aromatic heterocycles. The van der Waals surface area contributed by atoms with Gasteiger partial charge in [-0.15, -0.1) is 12.4 Å². The van der Waals surface area contributed by atoms with Crippen LogP contribution in [0.2, 0.25) is 5.02 Å². The minimum Gasteiger partial charge on any atom is -0.340 e. The molecule has 6 nitrogen and oxygen atoms in total. The Labute approximate surface area is 169 Å². The lowest BCUT2D eigenvalue weighted by molar-refractivity contribution is 0.0907. The second kappa shape index (κ2) is 7.41. The molecule has 1 aliphatic heterocycles. The summed E-state index contributed by atoms with van der Waals surface area (Å²) in [5.41, 5.74) is 0.103. The first-order valence-electron chi connectivity index (χ1n) is 9.03. The van der Waals surface area contributed by atoms with Crippen molar-refractivity contribution in [1.82, 2.24) is 20.8 Å². The van der Waals surface area contributed by atoms with Gasteiger partial charge in [0.15, 0.2) is 5.82 Å². The summed E-state index contributed by atoms with van der Waals surface area (Å²) < 4.78 is 5.55. The molecule has 2 aliphatic rings. The molecule has 1 saturated heterocycles. The smallest absolute Gasteiger partial charge is 0.252 e. The van der Waals surface area contributed by atoms with Gasteiger partial charge in [-0.2, -0.15) is 4.98 Å². The number of hydrogen-bond acceptors (Lipinski definition) is 5. The van der Waals surface area contributed by atoms with Crippen molar-refractivity contribution < 1.29 is 9.32 Å². The van der Waals surface area contributed by atoms with Crippen LogP contribution in [0, 0.1) is 5.41 Å². The first kappa shape index (κ1) is 20.1. The van der Waals surface area contributed by atoms with Crippen molar-refractivity contribution in [3.8, 4) is 0 Å². The van der Waals surface area contributed by atoms with Gasteiger partial charge in [0.05, 0.1) is 5.54 Å². The molecule has 1 aromatic carbocycles. The van der Waals surface area contributed by atoms with Gasteiger partial charge in [-0.3, -0.25) is 4.79 Å². The van der Waals surface area contributed by atoms with E-state index < -0.39 is 5.54 Å². The molecule has 4 rings (SSSR count). The van der Waals surface area contributed by atoms with Crippen molar-refractivity contribution in [2.24, 2.45) is 5.41 Å². The number of benzene rings is 1. The minimum atomic E-state index is -0.739. The van der Waals surface area contributed by atoms with E-state index in [9.17, 15) is 4.79 Å². The summed E-state index contributed by atoms with van der Waals surface area (Å²) >= 11 is 5.97. The molecule has 1 saturated carbocycles. The van der Waals surface area contributed by atoms with Gasteiger partial charge < -0.3 is 15.2 Å². The van der Waals surface area contributed by atoms with Crippen LogP contribution in [0.5, 0.6) is 0 Å². The Morgan fingerprint density at radius 2 is 2.11 bits per heavy atom. The van der Waals surface area contributed by atoms with Crippen LogP contribution < -0.4 is 10.6 Å². The fourth-order valence-corrected chi connectivity index (χ4v) is 4.04. The summed E-state index contributed by atoms with van der Waals surface area (Å²) in [4.78, 5) is 17.1. The SMILES string of the molecule is CC(C)(NC(=O)c1cccc(Cl)c1)c1noc(C2CC23CCNCC3)n1.Cl. The van der Waals surface area contributed by atoms with Gasteiger partial charge >= 0.3 is 0 Å². The van der Waals surface area contributed by atoms with Crippen LogP contribution in [0.1, 0.15) is 61.1 Å². The number of amides is 1. The molecule has 27 heavy (non-hydrogen) atoms. The van der Waals surface area contributed by atoms with Crippen LogP contribution in [-0.4, -0.2) is 29.1 Å². The Kier molecular flexibility index (Phi) is 5.52. The Morgan fingerprint density at radius 3 is 2.81 bits per heavy atom. The zero-order valence-electron chi connectivity index (χ0n) is 15.4. The summed E-state index contributed by atoms with van der Waals surface area (Å²) in [6.45, 7) is 5.85. The Balaban J connectivity index is 0.00000210. The highest BCUT2D eigenvalue weighted by atomic mass is 35.5. The number of hydrogen-bond donors (Lipinski definition) is 2. The van der Waals surface area contributed by atoms with Crippen LogP contribution in [-0.2, 0) is 5.54 Å². The largest absolute Gasteiger partial charge is 0.340 e. The van der Waals surface area contributed by atoms with E-state index in [1.54, 1.807) is 24.3 Å². The van der Waals surface area contributed by atoms with E-state index >= 15 is 0 Å². The molecule has 1 aliphatic carbocycles. The summed E-state index contributed by atoms with van der Waals surface area (Å²) in [7, 11) is 0. The second-order valence-electron chi connectivity index (χ2n) is 7.91. The third-order valence-electron chi connectivity index (χ3n) is 5.60. The molecule has 2 N–H and O–H groups in total. The van der Waals surface area contributed by atoms with Crippen LogP contribution in [0.3, 0.4) is 0 Å². The molecule has 1 spiro atoms. The second-order valence-corrected chi connectivity index (χ2v) is 8.35. The Morgan fingerprint density at radius 1 is 1.37 bits per heavy atom. The molecule has 0 radical (unpaired) electrons. The van der Waals surface area contributed by atoms with Crippen LogP contribution >= 0.6 is 24.0 Å². The molecule has 2 heterocycles. The highest BCUT2D eigenvalue weighted by Crippen LogP contribution is 2.63. The lowest BCUT2D eigenvalue weighted by atomic mass is 9.92. The third-order valence-corrected chi connectivity index (χ3v) is 5.84. The number of piperidine rings is 1. The molecular formula is C19H24Cl2N4O2. The average Bonchev–Trinajstić information content (AvgIpc) is 3.07. The van der Waals surface area contributed by atoms with Crippen LogP contribution in [0.15, 0.2) is 28.8 Å². The summed E-state index contributed by atoms with van der Waals surface area (Å²) in [5.74, 6) is 1.33. The molecular weight excluding hydrogens is 387 g/mol. The maximum atomic E-state index is 12.5. The van der Waals surface area contributed by atoms with Gasteiger partial charge in [0.1, 0.15) is 0 Å². The number of aromatic nitrogens is 2. The molecule has 2 fully saturated rings. The standard InChI is InChI=1S/C19H23ClN4O2.ClH/c1-18(2,23-15(25)12-4-3-5-13(20)10-12)17-22-16(26-24-17)14-11-19(14)6-8-21-9-7-19;/h3-5,10,14,21H,6-9,11H2,1-2H3,(H,23,25);1H. The number of nitrogens with one attached hydrogen (secondary N) is 2. The number of nitrogens with zero attached hydrogens (tertiary/aromatic N) is 2. The highest BCUT2D eigenvalue weighted by molar-refractivity contribution is 6.30. The predicted molar refractivity (Wildman–Crippen MR) is 105 cm³/mol. The number of carbonyl (C=O) groups is 1. The number of halogens is 2. The minimum absolute atomic E-state index is 0. The van der Waals surface area contributed by atoms with E-state index in [0.29, 0.717) is 33.6 Å². The predicted octanol–water partition coefficient (Wildman–Crippen LogP) is 3.67. The normalized spacial score (nSPS) is 20.8. The van der Waals surface area contributed by atoms with Gasteiger partial charge in [-0.25, -0.2) is 0 Å². The van der Waals surface area contributed by atoms with Crippen molar-refractivity contribution in [3.63, 3.8) is 0 Å². The fourth-order valence-electron chi connectivity index (χ4n) is 3.85. The summed E-state index contributed by atoms with van der Waals surface area (Å²) in [5, 5.41) is 11.0. The molecule has 146 valence electrons. The monoisotopic (exact) mass is 410 g/mol. The lowest BCUT2D eigenvalue weighted by Crippen LogP contribution is -2.41. The molecule has 0 bridgehead atoms. The van der Waals surface area contributed by atoms with E-state index in [2.05, 4.69) is 20.8 Å². The third kappa shape index (κ3) is 3.98. The quantitative estimate of drug-likeness (QED) is 0.803. The van der Waals surface area contributed by atoms with Crippen molar-refractivity contribution in [2.45, 2.75) is 44.6 Å². The molecule has 2 aromatic rings. The van der Waals surface area contributed by atoms with Crippen molar-refractivity contribution in [3.05, 3.63) is 46.6 Å². The van der Waals surface area contributed by atoms with Gasteiger partial charge in [0.2, 0.25) is 5.89 Å². The Bertz CT molecular complexity index is 831. The maximum Gasteiger partial charge on any atom is 0.252 e. The number of carbonyl (C=O) groups excluding carboxylic acids is 1. The number of rotatable bonds is 4. The fraction of sp³-hybridized carbons (Fsp3) is 0.526. The highest BCUT2D eigenvalue weighted by Gasteiger charge is 2.57. The van der Waals surface area contributed by atoms with Gasteiger partial charge in [-0.1, -0.05) is 22.8 Å². The van der Waals surface area contributed by atoms with E-state index in [4.69, 9.17) is 16.1 Å². The van der Waals surface area contributed by atoms with Gasteiger partial charge in [0.25, 0.3) is 5.91 Å². The van der Waals surface area contributed by atoms with Gasteiger partial charge in [-0.05, 0) is 69.8 Å². The maximum absolute atomic E-state index is 12.5. The van der Waals surface area contributed by atoms with E-state index in [1.807, 2.05) is 13.8 Å². The molecule has 1 atom stereocenters. The van der Waals surface area contributed by atoms with E-state index in [1.165, 1.54) is 0 Å². The lowest BCUT2D eigenvalue weighted by Gasteiger charge is -2.23. The molecule has 1 unspecified atom stereocenters. The molecule has 8 heteroatoms. The first-order valence-corrected chi connectivity index (χ1v) is 9.40. The summed E-state index contributed by atoms with van der Waals surface area (Å²) in [6, 6.07) is 6.85. The topological polar surface area (TPSA) is 80.0 Å². The average molecular weight is 411 g/mol. The summed E-state index contributed by atoms with van der Waals surface area (Å²) in [6.07, 6.45) is 3.43. The Hall–Kier alpha value is -1.63. The zero-order chi connectivity index (χ0) is 18.4. The van der Waals surface area contributed by atoms with Crippen LogP contribution in [0.25, 0.3) is 0 Å². The zero-order valence-corrected chi connectivity index (χ0v) is 17.0. The van der Waals surface area contributed by atoms with Gasteiger partial charge in [0, 0.05) is 16.5 Å². The van der Waals surface area contributed by atoms with Crippen molar-refractivity contribution in [1.29, 1.82) is 0 Å². The first-order chi connectivity index (χ1) is 12.4. The van der Waals surface area contributed by atoms with E-state index in [0.717, 1.165) is 32.4 Å². The van der Waals surface area contributed by atoms with Crippen molar-refractivity contribution >= 4 is 29.9 Å². The molecule has 1 amide bonds. The van der Waals surface area contributed by atoms with E-state index in [-0.39, 0.29) is 18.3 Å².